The summed E-state index contributed by atoms with van der Waals surface area (Å²) in [6, 6.07) is 12.6. The summed E-state index contributed by atoms with van der Waals surface area (Å²) < 4.78 is 11.5. The molecule has 2 aromatic heterocycles. The average molecular weight is 947 g/mol. The van der Waals surface area contributed by atoms with Gasteiger partial charge in [0.15, 0.2) is 0 Å². The molecule has 0 spiro atoms. The Morgan fingerprint density at radius 1 is 0.594 bits per heavy atom. The number of carbonyl (C=O) groups is 2. The lowest BCUT2D eigenvalue weighted by Gasteiger charge is -2.35. The molecule has 2 amide bonds. The second kappa shape index (κ2) is 25.7. The number of oxazole rings is 2. The molecule has 69 heavy (non-hydrogen) atoms. The predicted molar refractivity (Wildman–Crippen MR) is 277 cm³/mol. The summed E-state index contributed by atoms with van der Waals surface area (Å²) in [7, 11) is 0. The Hall–Kier alpha value is -4.36. The number of carbonyl (C=O) groups excluding carboxylic acids is 2. The van der Waals surface area contributed by atoms with Crippen molar-refractivity contribution in [1.82, 2.24) is 40.2 Å². The first-order chi connectivity index (χ1) is 33.3. The third-order valence-electron chi connectivity index (χ3n) is 15.7. The van der Waals surface area contributed by atoms with Crippen LogP contribution in [0, 0.1) is 63.2 Å². The quantitative estimate of drug-likeness (QED) is 0.0990. The van der Waals surface area contributed by atoms with Gasteiger partial charge in [0.25, 0.3) is 0 Å². The zero-order valence-corrected chi connectivity index (χ0v) is 43.7. The van der Waals surface area contributed by atoms with Gasteiger partial charge in [-0.15, -0.1) is 0 Å². The molecule has 4 saturated heterocycles. The van der Waals surface area contributed by atoms with E-state index in [0.29, 0.717) is 11.8 Å². The van der Waals surface area contributed by atoms with Crippen molar-refractivity contribution in [1.29, 1.82) is 0 Å². The number of aromatic nitrogens is 2. The summed E-state index contributed by atoms with van der Waals surface area (Å²) in [4.78, 5) is 44.6. The normalized spacial score (nSPS) is 20.8. The van der Waals surface area contributed by atoms with Crippen molar-refractivity contribution in [3.63, 3.8) is 0 Å². The van der Waals surface area contributed by atoms with Crippen LogP contribution in [0.5, 0.6) is 0 Å². The van der Waals surface area contributed by atoms with Gasteiger partial charge in [-0.05, 0) is 208 Å². The maximum Gasteiger partial charge on any atom is 0.226 e. The fourth-order valence-corrected chi connectivity index (χ4v) is 11.1. The van der Waals surface area contributed by atoms with E-state index in [9.17, 15) is 9.59 Å². The Bertz CT molecular complexity index is 2200. The summed E-state index contributed by atoms with van der Waals surface area (Å²) >= 11 is 0. The number of hydrogen-bond donors (Lipinski definition) is 2. The van der Waals surface area contributed by atoms with E-state index >= 15 is 0 Å². The molecule has 0 unspecified atom stereocenters. The minimum absolute atomic E-state index is 0.134. The van der Waals surface area contributed by atoms with Crippen LogP contribution < -0.4 is 10.6 Å². The summed E-state index contributed by atoms with van der Waals surface area (Å²) in [5.74, 6) is 5.38. The smallest absolute Gasteiger partial charge is 0.226 e. The van der Waals surface area contributed by atoms with E-state index in [-0.39, 0.29) is 23.7 Å². The van der Waals surface area contributed by atoms with Crippen LogP contribution in [0.3, 0.4) is 0 Å². The highest BCUT2D eigenvalue weighted by molar-refractivity contribution is 5.79. The van der Waals surface area contributed by atoms with E-state index in [4.69, 9.17) is 18.8 Å². The maximum atomic E-state index is 12.7. The van der Waals surface area contributed by atoms with Crippen LogP contribution in [0.15, 0.2) is 57.8 Å². The van der Waals surface area contributed by atoms with Gasteiger partial charge in [-0.25, -0.2) is 9.97 Å². The largest absolute Gasteiger partial charge is 0.444 e. The summed E-state index contributed by atoms with van der Waals surface area (Å²) in [5.41, 5.74) is 8.99. The van der Waals surface area contributed by atoms with Gasteiger partial charge in [-0.3, -0.25) is 19.4 Å². The monoisotopic (exact) mass is 947 g/mol. The first-order valence-electron chi connectivity index (χ1n) is 26.7. The first kappa shape index (κ1) is 52.5. The van der Waals surface area contributed by atoms with Crippen molar-refractivity contribution < 1.29 is 18.4 Å². The SMILES string of the molecule is Cc1ccc(-c2nc(CN3CCC(C(=O)NCCCN4CCC(C(C)C)CC4)CC3)co2)cc1C.Cc1ccc(-c2nc(CN3CCC(C(=O)NCCCN4C[C@H](C)C[C@H](C)C4)CC3)co2)cc1C. The van der Waals surface area contributed by atoms with Crippen LogP contribution in [0.25, 0.3) is 22.9 Å². The minimum Gasteiger partial charge on any atom is -0.444 e. The van der Waals surface area contributed by atoms with Crippen LogP contribution in [-0.2, 0) is 22.7 Å². The maximum absolute atomic E-state index is 12.7. The third kappa shape index (κ3) is 15.8. The van der Waals surface area contributed by atoms with Crippen LogP contribution >= 0.6 is 0 Å². The zero-order valence-electron chi connectivity index (χ0n) is 43.7. The highest BCUT2D eigenvalue weighted by atomic mass is 16.3. The van der Waals surface area contributed by atoms with Crippen LogP contribution in [0.2, 0.25) is 0 Å². The molecule has 0 aliphatic carbocycles. The van der Waals surface area contributed by atoms with Crippen molar-refractivity contribution in [3.05, 3.63) is 82.6 Å². The Balaban J connectivity index is 0.000000204. The van der Waals surface area contributed by atoms with E-state index in [2.05, 4.69) is 122 Å². The summed E-state index contributed by atoms with van der Waals surface area (Å²) in [6.07, 6.45) is 13.3. The molecule has 0 saturated carbocycles. The molecule has 4 fully saturated rings. The second-order valence-electron chi connectivity index (χ2n) is 21.9. The molecule has 12 nitrogen and oxygen atoms in total. The number of amides is 2. The van der Waals surface area contributed by atoms with E-state index in [1.807, 2.05) is 0 Å². The van der Waals surface area contributed by atoms with Crippen molar-refractivity contribution in [2.75, 3.05) is 78.5 Å². The number of likely N-dealkylation sites (tertiary alicyclic amines) is 4. The lowest BCUT2D eigenvalue weighted by atomic mass is 9.87. The molecule has 4 aliphatic rings. The molecule has 2 atom stereocenters. The number of nitrogens with zero attached hydrogens (tertiary/aromatic N) is 6. The molecule has 4 aliphatic heterocycles. The lowest BCUT2D eigenvalue weighted by molar-refractivity contribution is -0.127. The molecule has 6 heterocycles. The van der Waals surface area contributed by atoms with Gasteiger partial charge >= 0.3 is 0 Å². The van der Waals surface area contributed by atoms with Crippen molar-refractivity contribution in [3.8, 4) is 22.9 Å². The van der Waals surface area contributed by atoms with Gasteiger partial charge in [-0.2, -0.15) is 0 Å². The van der Waals surface area contributed by atoms with Crippen molar-refractivity contribution in [2.45, 2.75) is 126 Å². The molecule has 2 N–H and O–H groups in total. The molecule has 4 aromatic rings. The van der Waals surface area contributed by atoms with Gasteiger partial charge in [0.05, 0.1) is 11.4 Å². The highest BCUT2D eigenvalue weighted by Crippen LogP contribution is 2.28. The summed E-state index contributed by atoms with van der Waals surface area (Å²) in [5, 5.41) is 6.40. The average Bonchev–Trinajstić information content (AvgIpc) is 4.01. The third-order valence-corrected chi connectivity index (χ3v) is 15.7. The number of benzene rings is 2. The minimum atomic E-state index is 0.134. The fourth-order valence-electron chi connectivity index (χ4n) is 11.1. The second-order valence-corrected chi connectivity index (χ2v) is 21.9. The van der Waals surface area contributed by atoms with Crippen molar-refractivity contribution in [2.24, 2.45) is 35.5 Å². The first-order valence-corrected chi connectivity index (χ1v) is 26.7. The van der Waals surface area contributed by atoms with E-state index in [1.54, 1.807) is 12.5 Å². The van der Waals surface area contributed by atoms with Gasteiger partial charge in [0.2, 0.25) is 23.6 Å². The summed E-state index contributed by atoms with van der Waals surface area (Å²) in [6.45, 7) is 31.7. The number of aryl methyl sites for hydroxylation is 4. The van der Waals surface area contributed by atoms with Crippen molar-refractivity contribution >= 4 is 11.8 Å². The predicted octanol–water partition coefficient (Wildman–Crippen LogP) is 9.70. The molecular weight excluding hydrogens is 861 g/mol. The lowest BCUT2D eigenvalue weighted by Crippen LogP contribution is -2.42. The highest BCUT2D eigenvalue weighted by Gasteiger charge is 2.28. The fraction of sp³-hybridized carbons (Fsp3) is 0.649. The number of nitrogens with one attached hydrogen (secondary N) is 2. The Kier molecular flexibility index (Phi) is 19.5. The molecule has 378 valence electrons. The van der Waals surface area contributed by atoms with Crippen LogP contribution in [0.4, 0.5) is 0 Å². The van der Waals surface area contributed by atoms with E-state index in [0.717, 1.165) is 150 Å². The Morgan fingerprint density at radius 2 is 1.01 bits per heavy atom. The number of hydrogen-bond acceptors (Lipinski definition) is 10. The Morgan fingerprint density at radius 3 is 1.43 bits per heavy atom. The molecule has 8 rings (SSSR count). The van der Waals surface area contributed by atoms with Gasteiger partial charge in [-0.1, -0.05) is 39.8 Å². The number of rotatable bonds is 17. The molecule has 2 aromatic carbocycles. The molecule has 12 heteroatoms. The molecule has 0 bridgehead atoms. The van der Waals surface area contributed by atoms with Crippen LogP contribution in [0.1, 0.15) is 119 Å². The molecule has 0 radical (unpaired) electrons. The topological polar surface area (TPSA) is 123 Å². The Labute approximate surface area is 414 Å². The standard InChI is InChI=1S/C29H44N4O2.C28H42N4O2/c1-21(2)24-8-14-32(15-9-24)13-5-12-30-28(34)25-10-16-33(17-11-25)19-27-20-35-29(31-27)26-7-6-22(3)23(4)18-26;1-20-14-21(2)17-32(16-20)11-5-10-29-27(33)24-8-12-31(13-9-24)18-26-19-34-28(30-26)25-7-6-22(3)23(4)15-25/h6-7,18,20-21,24-25H,5,8-17,19H2,1-4H3,(H,30,34);6-7,15,19-21,24H,5,8-14,16-18H2,1-4H3,(H,29,33)/t;20-,21+. The number of piperidine rings is 4. The van der Waals surface area contributed by atoms with E-state index < -0.39 is 0 Å². The zero-order chi connectivity index (χ0) is 48.9. The molecular formula is C57H86N8O4. The van der Waals surface area contributed by atoms with Gasteiger partial charge in [0.1, 0.15) is 12.5 Å². The van der Waals surface area contributed by atoms with Gasteiger partial charge in [0, 0.05) is 62.2 Å². The van der Waals surface area contributed by atoms with Crippen LogP contribution in [-0.4, -0.2) is 120 Å². The van der Waals surface area contributed by atoms with E-state index in [1.165, 1.54) is 67.7 Å². The van der Waals surface area contributed by atoms with Gasteiger partial charge < -0.3 is 29.3 Å².